The molecule has 0 aliphatic carbocycles. The van der Waals surface area contributed by atoms with Gasteiger partial charge in [-0.1, -0.05) is 31.5 Å². The molecule has 6 nitrogen and oxygen atoms in total. The maximum absolute atomic E-state index is 12.5. The van der Waals surface area contributed by atoms with Gasteiger partial charge in [0.15, 0.2) is 0 Å². The van der Waals surface area contributed by atoms with Gasteiger partial charge in [0.25, 0.3) is 10.0 Å². The number of benzene rings is 3. The van der Waals surface area contributed by atoms with Gasteiger partial charge in [-0.25, -0.2) is 8.42 Å². The van der Waals surface area contributed by atoms with Gasteiger partial charge in [0.05, 0.1) is 23.4 Å². The van der Waals surface area contributed by atoms with E-state index in [1.807, 2.05) is 31.2 Å². The molecule has 0 heterocycles. The molecule has 0 aliphatic rings. The van der Waals surface area contributed by atoms with Crippen LogP contribution in [0.15, 0.2) is 82.8 Å². The fourth-order valence-corrected chi connectivity index (χ4v) is 3.85. The highest BCUT2D eigenvalue weighted by Crippen LogP contribution is 2.19. The van der Waals surface area contributed by atoms with E-state index in [1.165, 1.54) is 0 Å². The predicted octanol–water partition coefficient (Wildman–Crippen LogP) is 5.67. The zero-order valence-corrected chi connectivity index (χ0v) is 19.4. The zero-order chi connectivity index (χ0) is 23.0. The second-order valence-corrected chi connectivity index (χ2v) is 9.65. The van der Waals surface area contributed by atoms with Crippen molar-refractivity contribution in [3.05, 3.63) is 83.9 Å². The first-order valence-electron chi connectivity index (χ1n) is 10.5. The Bertz CT molecular complexity index is 1120. The molecule has 0 aliphatic heterocycles. The number of hydrogen-bond donors (Lipinski definition) is 2. The highest BCUT2D eigenvalue weighted by atomic mass is 32.2. The highest BCUT2D eigenvalue weighted by Gasteiger charge is 2.13. The molecule has 0 spiro atoms. The first-order valence-corrected chi connectivity index (χ1v) is 12.0. The van der Waals surface area contributed by atoms with Gasteiger partial charge in [0.1, 0.15) is 5.75 Å². The Morgan fingerprint density at radius 2 is 1.53 bits per heavy atom. The van der Waals surface area contributed by atoms with Crippen molar-refractivity contribution in [2.24, 2.45) is 11.0 Å². The number of anilines is 2. The molecule has 0 atom stereocenters. The standard InChI is InChI=1S/C25H29N3O3S/c1-19(2)16-17-31-24-12-6-21(7-13-24)18-26-27-22-8-10-23(11-9-22)28-32(29,30)25-14-4-20(3)5-15-25/h4-15,18-19,27-28H,16-17H2,1-3H3/b26-18+. The SMILES string of the molecule is Cc1ccc(S(=O)(=O)Nc2ccc(N/N=C/c3ccc(OCCC(C)C)cc3)cc2)cc1. The van der Waals surface area contributed by atoms with Gasteiger partial charge in [0, 0.05) is 5.69 Å². The Hall–Kier alpha value is -3.32. The average molecular weight is 452 g/mol. The zero-order valence-electron chi connectivity index (χ0n) is 18.6. The van der Waals surface area contributed by atoms with Crippen molar-refractivity contribution >= 4 is 27.6 Å². The minimum Gasteiger partial charge on any atom is -0.494 e. The summed E-state index contributed by atoms with van der Waals surface area (Å²) in [5.41, 5.74) is 6.11. The molecule has 0 amide bonds. The van der Waals surface area contributed by atoms with E-state index < -0.39 is 10.0 Å². The number of sulfonamides is 1. The monoisotopic (exact) mass is 451 g/mol. The Labute approximate surface area is 190 Å². The number of ether oxygens (including phenoxy) is 1. The van der Waals surface area contributed by atoms with E-state index in [4.69, 9.17) is 4.74 Å². The van der Waals surface area contributed by atoms with Gasteiger partial charge in [-0.05, 0) is 85.5 Å². The van der Waals surface area contributed by atoms with Crippen molar-refractivity contribution in [2.75, 3.05) is 16.8 Å². The Kier molecular flexibility index (Phi) is 7.89. The van der Waals surface area contributed by atoms with Crippen molar-refractivity contribution in [1.82, 2.24) is 0 Å². The second-order valence-electron chi connectivity index (χ2n) is 7.97. The molecule has 0 saturated heterocycles. The number of nitrogens with one attached hydrogen (secondary N) is 2. The van der Waals surface area contributed by atoms with Crippen LogP contribution in [0.2, 0.25) is 0 Å². The van der Waals surface area contributed by atoms with Crippen LogP contribution >= 0.6 is 0 Å². The van der Waals surface area contributed by atoms with Crippen LogP contribution in [0.4, 0.5) is 11.4 Å². The molecule has 0 aromatic heterocycles. The number of rotatable bonds is 10. The van der Waals surface area contributed by atoms with Crippen molar-refractivity contribution in [2.45, 2.75) is 32.1 Å². The Balaban J connectivity index is 1.52. The molecule has 2 N–H and O–H groups in total. The van der Waals surface area contributed by atoms with Gasteiger partial charge < -0.3 is 4.74 Å². The molecule has 0 fully saturated rings. The third-order valence-corrected chi connectivity index (χ3v) is 6.12. The van der Waals surface area contributed by atoms with E-state index in [-0.39, 0.29) is 4.90 Å². The van der Waals surface area contributed by atoms with Gasteiger partial charge in [0.2, 0.25) is 0 Å². The largest absolute Gasteiger partial charge is 0.494 e. The first kappa shape index (κ1) is 23.3. The lowest BCUT2D eigenvalue weighted by Crippen LogP contribution is -2.12. The summed E-state index contributed by atoms with van der Waals surface area (Å²) in [4.78, 5) is 0.228. The molecular formula is C25H29N3O3S. The Morgan fingerprint density at radius 3 is 2.16 bits per heavy atom. The minimum atomic E-state index is -3.62. The molecular weight excluding hydrogens is 422 g/mol. The topological polar surface area (TPSA) is 79.8 Å². The van der Waals surface area contributed by atoms with Crippen LogP contribution < -0.4 is 14.9 Å². The summed E-state index contributed by atoms with van der Waals surface area (Å²) in [6, 6.07) is 21.4. The lowest BCUT2D eigenvalue weighted by atomic mass is 10.1. The quantitative estimate of drug-likeness (QED) is 0.308. The van der Waals surface area contributed by atoms with E-state index in [0.29, 0.717) is 18.2 Å². The summed E-state index contributed by atoms with van der Waals surface area (Å²) in [5, 5.41) is 4.23. The third-order valence-electron chi connectivity index (χ3n) is 4.72. The van der Waals surface area contributed by atoms with E-state index >= 15 is 0 Å². The fourth-order valence-electron chi connectivity index (χ4n) is 2.79. The van der Waals surface area contributed by atoms with Crippen LogP contribution in [0.3, 0.4) is 0 Å². The lowest BCUT2D eigenvalue weighted by Gasteiger charge is -2.09. The van der Waals surface area contributed by atoms with Crippen LogP contribution in [0.25, 0.3) is 0 Å². The van der Waals surface area contributed by atoms with Crippen molar-refractivity contribution in [1.29, 1.82) is 0 Å². The smallest absolute Gasteiger partial charge is 0.261 e. The van der Waals surface area contributed by atoms with Crippen LogP contribution in [-0.2, 0) is 10.0 Å². The maximum Gasteiger partial charge on any atom is 0.261 e. The van der Waals surface area contributed by atoms with Crippen LogP contribution in [0, 0.1) is 12.8 Å². The van der Waals surface area contributed by atoms with Crippen LogP contribution in [0.1, 0.15) is 31.4 Å². The fraction of sp³-hybridized carbons (Fsp3) is 0.240. The number of hydrazone groups is 1. The van der Waals surface area contributed by atoms with Crippen molar-refractivity contribution in [3.8, 4) is 5.75 Å². The molecule has 168 valence electrons. The maximum atomic E-state index is 12.5. The Morgan fingerprint density at radius 1 is 0.906 bits per heavy atom. The average Bonchev–Trinajstić information content (AvgIpc) is 2.76. The second kappa shape index (κ2) is 10.8. The molecule has 3 rings (SSSR count). The van der Waals surface area contributed by atoms with E-state index in [9.17, 15) is 8.42 Å². The minimum absolute atomic E-state index is 0.228. The van der Waals surface area contributed by atoms with E-state index in [2.05, 4.69) is 29.1 Å². The van der Waals surface area contributed by atoms with Crippen molar-refractivity contribution < 1.29 is 13.2 Å². The van der Waals surface area contributed by atoms with Gasteiger partial charge in [-0.15, -0.1) is 0 Å². The van der Waals surface area contributed by atoms with Gasteiger partial charge in [-0.3, -0.25) is 10.1 Å². The summed E-state index contributed by atoms with van der Waals surface area (Å²) in [5.74, 6) is 1.47. The molecule has 3 aromatic rings. The van der Waals surface area contributed by atoms with Crippen molar-refractivity contribution in [3.63, 3.8) is 0 Å². The summed E-state index contributed by atoms with van der Waals surface area (Å²) < 4.78 is 33.3. The first-order chi connectivity index (χ1) is 15.3. The summed E-state index contributed by atoms with van der Waals surface area (Å²) in [6.45, 7) is 6.97. The third kappa shape index (κ3) is 7.13. The summed E-state index contributed by atoms with van der Waals surface area (Å²) >= 11 is 0. The van der Waals surface area contributed by atoms with Gasteiger partial charge in [-0.2, -0.15) is 5.10 Å². The number of hydrogen-bond acceptors (Lipinski definition) is 5. The number of aryl methyl sites for hydroxylation is 1. The van der Waals surface area contributed by atoms with E-state index in [0.717, 1.165) is 29.0 Å². The summed E-state index contributed by atoms with van der Waals surface area (Å²) in [6.07, 6.45) is 2.74. The predicted molar refractivity (Wildman–Crippen MR) is 131 cm³/mol. The number of nitrogens with zero attached hydrogens (tertiary/aromatic N) is 1. The van der Waals surface area contributed by atoms with Gasteiger partial charge >= 0.3 is 0 Å². The summed E-state index contributed by atoms with van der Waals surface area (Å²) in [7, 11) is -3.62. The molecule has 7 heteroatoms. The molecule has 0 saturated carbocycles. The lowest BCUT2D eigenvalue weighted by molar-refractivity contribution is 0.289. The normalized spacial score (nSPS) is 11.6. The highest BCUT2D eigenvalue weighted by molar-refractivity contribution is 7.92. The molecule has 0 unspecified atom stereocenters. The van der Waals surface area contributed by atoms with E-state index in [1.54, 1.807) is 54.7 Å². The molecule has 0 radical (unpaired) electrons. The molecule has 0 bridgehead atoms. The molecule has 3 aromatic carbocycles. The molecule has 32 heavy (non-hydrogen) atoms. The van der Waals surface area contributed by atoms with Crippen LogP contribution in [0.5, 0.6) is 5.75 Å². The van der Waals surface area contributed by atoms with Crippen LogP contribution in [-0.4, -0.2) is 21.2 Å².